The molecule has 1 aromatic heterocycles. The zero-order valence-electron chi connectivity index (χ0n) is 18.3. The molecule has 3 amide bonds. The molecule has 3 atom stereocenters. The molecule has 0 radical (unpaired) electrons. The minimum atomic E-state index is -1.31. The Hall–Kier alpha value is -2.24. The van der Waals surface area contributed by atoms with Gasteiger partial charge in [-0.1, -0.05) is 13.8 Å². The Morgan fingerprint density at radius 3 is 2.40 bits per heavy atom. The summed E-state index contributed by atoms with van der Waals surface area (Å²) in [7, 11) is 7.32. The van der Waals surface area contributed by atoms with Gasteiger partial charge in [0, 0.05) is 0 Å². The number of rotatable bonds is 7. The molecule has 30 heavy (non-hydrogen) atoms. The molecule has 0 bridgehead atoms. The summed E-state index contributed by atoms with van der Waals surface area (Å²) in [5, 5.41) is 19.3. The Balaban J connectivity index is 0.00000103. The van der Waals surface area contributed by atoms with Crippen LogP contribution in [0, 0.1) is 5.92 Å². The molecule has 166 valence electrons. The molecule has 1 aliphatic rings. The van der Waals surface area contributed by atoms with Crippen LogP contribution in [0.4, 0.5) is 4.79 Å². The Morgan fingerprint density at radius 1 is 1.27 bits per heavy atom. The summed E-state index contributed by atoms with van der Waals surface area (Å²) >= 11 is 1.22. The molecule has 1 aromatic rings. The zero-order valence-corrected chi connectivity index (χ0v) is 19.1. The summed E-state index contributed by atoms with van der Waals surface area (Å²) in [5.41, 5.74) is 0.586. The van der Waals surface area contributed by atoms with E-state index < -0.39 is 35.8 Å². The number of aliphatic hydroxyl groups is 1. The van der Waals surface area contributed by atoms with Gasteiger partial charge in [0.15, 0.2) is 5.81 Å². The van der Waals surface area contributed by atoms with E-state index in [0.717, 1.165) is 0 Å². The number of aliphatic hydroxyl groups excluding tert-OH is 1. The quantitative estimate of drug-likeness (QED) is 0.426. The van der Waals surface area contributed by atoms with Crippen molar-refractivity contribution < 1.29 is 24.3 Å². The van der Waals surface area contributed by atoms with E-state index in [2.05, 4.69) is 16.0 Å². The van der Waals surface area contributed by atoms with Gasteiger partial charge in [-0.2, -0.15) is 0 Å². The number of carbonyl (C=O) groups is 4. The molecule has 0 saturated carbocycles. The molecule has 9 nitrogen and oxygen atoms in total. The van der Waals surface area contributed by atoms with Gasteiger partial charge in [-0.3, -0.25) is 19.2 Å². The van der Waals surface area contributed by atoms with Crippen molar-refractivity contribution in [3.05, 3.63) is 21.9 Å². The second-order valence-corrected chi connectivity index (χ2v) is 8.92. The predicted molar refractivity (Wildman–Crippen MR) is 118 cm³/mol. The van der Waals surface area contributed by atoms with Crippen LogP contribution in [0.3, 0.4) is 0 Å². The van der Waals surface area contributed by atoms with Crippen molar-refractivity contribution in [3.63, 3.8) is 0 Å². The highest BCUT2D eigenvalue weighted by Gasteiger charge is 2.40. The number of hydrogen-bond acceptors (Lipinski definition) is 7. The third kappa shape index (κ3) is 7.89. The van der Waals surface area contributed by atoms with Crippen molar-refractivity contribution >= 4 is 42.6 Å². The fraction of sp³-hybridized carbons (Fsp3) is 0.579. The first-order valence-corrected chi connectivity index (χ1v) is 10.6. The molecule has 11 heteroatoms. The van der Waals surface area contributed by atoms with Gasteiger partial charge in [-0.25, -0.2) is 0 Å². The van der Waals surface area contributed by atoms with Crippen molar-refractivity contribution in [3.8, 4) is 0 Å². The molecular formula is C19H31BN4O5S. The number of hydrogen-bond donors (Lipinski definition) is 4. The lowest BCUT2D eigenvalue weighted by Crippen LogP contribution is -2.50. The van der Waals surface area contributed by atoms with Gasteiger partial charge in [0.25, 0.3) is 0 Å². The second-order valence-electron chi connectivity index (χ2n) is 8.00. The summed E-state index contributed by atoms with van der Waals surface area (Å²) in [6.45, 7) is 3.53. The fourth-order valence-electron chi connectivity index (χ4n) is 2.84. The number of thiophene rings is 1. The molecule has 3 unspecified atom stereocenters. The number of Topliss-reactive ketones (excluding diaryl/α,β-unsaturated/α-hetero) is 1. The van der Waals surface area contributed by atoms with Crippen LogP contribution in [0.15, 0.2) is 11.4 Å². The average molecular weight is 438 g/mol. The first-order chi connectivity index (χ1) is 13.9. The lowest BCUT2D eigenvalue weighted by molar-refractivity contribution is -0.127. The fourth-order valence-corrected chi connectivity index (χ4v) is 3.76. The van der Waals surface area contributed by atoms with Gasteiger partial charge in [0.05, 0.1) is 17.5 Å². The van der Waals surface area contributed by atoms with E-state index in [9.17, 15) is 24.3 Å². The standard InChI is InChI=1S/C16H22BN3O5S.C3H9N/c1-7(2)5-9(19-16(17)25)15(24)18-6-10(21)20-11-8-3-4-26-14(8)13(23)12(11)22;1-4(2)3/h3-4,7,9,11-12,22H,5-6,17H2,1-2H3,(H,18,24)(H,19,25)(H,20,21);1-3H3. The number of fused-ring (bicyclic) bond motifs is 1. The van der Waals surface area contributed by atoms with Gasteiger partial charge < -0.3 is 26.0 Å². The van der Waals surface area contributed by atoms with Gasteiger partial charge in [0.1, 0.15) is 12.1 Å². The van der Waals surface area contributed by atoms with Gasteiger partial charge >= 0.3 is 0 Å². The maximum atomic E-state index is 12.2. The van der Waals surface area contributed by atoms with Crippen molar-refractivity contribution in [1.29, 1.82) is 0 Å². The highest BCUT2D eigenvalue weighted by molar-refractivity contribution is 7.12. The van der Waals surface area contributed by atoms with Crippen molar-refractivity contribution in [2.24, 2.45) is 5.92 Å². The molecule has 0 aromatic carbocycles. The maximum Gasteiger partial charge on any atom is 0.242 e. The minimum Gasteiger partial charge on any atom is -0.382 e. The first-order valence-electron chi connectivity index (χ1n) is 9.68. The van der Waals surface area contributed by atoms with E-state index in [0.29, 0.717) is 16.9 Å². The van der Waals surface area contributed by atoms with E-state index in [-0.39, 0.29) is 18.3 Å². The molecule has 0 saturated heterocycles. The molecule has 1 heterocycles. The lowest BCUT2D eigenvalue weighted by atomic mass is 10.0. The SMILES string of the molecule is BC(=O)NC(CC(C)C)C(=O)NCC(=O)NC1c2ccsc2C(=O)C1O.CN(C)C. The lowest BCUT2D eigenvalue weighted by Gasteiger charge is -2.20. The zero-order chi connectivity index (χ0) is 23.0. The third-order valence-corrected chi connectivity index (χ3v) is 4.92. The van der Waals surface area contributed by atoms with Crippen LogP contribution in [-0.2, 0) is 9.59 Å². The molecule has 4 N–H and O–H groups in total. The predicted octanol–water partition coefficient (Wildman–Crippen LogP) is -0.486. The van der Waals surface area contributed by atoms with Crippen LogP contribution in [0.1, 0.15) is 41.5 Å². The van der Waals surface area contributed by atoms with Crippen LogP contribution in [0.2, 0.25) is 0 Å². The number of nitrogens with one attached hydrogen (secondary N) is 3. The summed E-state index contributed by atoms with van der Waals surface area (Å²) in [6.07, 6.45) is -0.869. The highest BCUT2D eigenvalue weighted by Crippen LogP contribution is 2.35. The van der Waals surface area contributed by atoms with Gasteiger partial charge in [0.2, 0.25) is 25.4 Å². The van der Waals surface area contributed by atoms with E-state index in [1.54, 1.807) is 11.4 Å². The third-order valence-electron chi connectivity index (χ3n) is 3.98. The van der Waals surface area contributed by atoms with E-state index in [1.807, 2.05) is 39.9 Å². The van der Waals surface area contributed by atoms with E-state index in [4.69, 9.17) is 0 Å². The van der Waals surface area contributed by atoms with Gasteiger partial charge in [-0.05, 0) is 50.5 Å². The van der Waals surface area contributed by atoms with Crippen LogP contribution in [0.5, 0.6) is 0 Å². The normalized spacial score (nSPS) is 18.3. The summed E-state index contributed by atoms with van der Waals surface area (Å²) < 4.78 is 0. The number of ketones is 1. The van der Waals surface area contributed by atoms with E-state index in [1.165, 1.54) is 19.2 Å². The maximum absolute atomic E-state index is 12.2. The second kappa shape index (κ2) is 11.8. The Kier molecular flexibility index (Phi) is 10.2. The van der Waals surface area contributed by atoms with Crippen molar-refractivity contribution in [2.75, 3.05) is 27.7 Å². The topological polar surface area (TPSA) is 128 Å². The summed E-state index contributed by atoms with van der Waals surface area (Å²) in [4.78, 5) is 49.9. The first kappa shape index (κ1) is 25.8. The van der Waals surface area contributed by atoms with Gasteiger partial charge in [-0.15, -0.1) is 11.3 Å². The molecule has 0 spiro atoms. The Morgan fingerprint density at radius 2 is 1.87 bits per heavy atom. The van der Waals surface area contributed by atoms with Crippen LogP contribution in [0.25, 0.3) is 0 Å². The molecular weight excluding hydrogens is 407 g/mol. The van der Waals surface area contributed by atoms with Crippen molar-refractivity contribution in [1.82, 2.24) is 20.9 Å². The Bertz CT molecular complexity index is 765. The van der Waals surface area contributed by atoms with Crippen molar-refractivity contribution in [2.45, 2.75) is 38.5 Å². The molecule has 1 aliphatic carbocycles. The average Bonchev–Trinajstić information content (AvgIpc) is 3.17. The number of carbonyl (C=O) groups excluding carboxylic acids is 4. The minimum absolute atomic E-state index is 0.183. The van der Waals surface area contributed by atoms with Crippen LogP contribution >= 0.6 is 11.3 Å². The molecule has 0 fully saturated rings. The van der Waals surface area contributed by atoms with E-state index >= 15 is 0 Å². The number of amides is 3. The van der Waals surface area contributed by atoms with Crippen LogP contribution in [-0.4, -0.2) is 81.1 Å². The Labute approximate surface area is 182 Å². The monoisotopic (exact) mass is 438 g/mol. The molecule has 2 rings (SSSR count). The summed E-state index contributed by atoms with van der Waals surface area (Å²) in [6, 6.07) is 0.157. The highest BCUT2D eigenvalue weighted by atomic mass is 32.1. The smallest absolute Gasteiger partial charge is 0.242 e. The number of nitrogens with zero attached hydrogens (tertiary/aromatic N) is 1. The molecule has 0 aliphatic heterocycles. The van der Waals surface area contributed by atoms with Crippen LogP contribution < -0.4 is 16.0 Å². The summed E-state index contributed by atoms with van der Waals surface area (Å²) in [5.74, 6) is -1.54. The largest absolute Gasteiger partial charge is 0.382 e.